The van der Waals surface area contributed by atoms with E-state index in [2.05, 4.69) is 20.4 Å². The van der Waals surface area contributed by atoms with Crippen LogP contribution in [0.5, 0.6) is 0 Å². The van der Waals surface area contributed by atoms with Crippen molar-refractivity contribution in [2.45, 2.75) is 27.0 Å². The SMILES string of the molecule is CCNc1cc(COC)nc(-c2ccnn2CC)n1. The Morgan fingerprint density at radius 3 is 2.84 bits per heavy atom. The normalized spacial score (nSPS) is 10.7. The fourth-order valence-corrected chi connectivity index (χ4v) is 1.88. The number of nitrogens with one attached hydrogen (secondary N) is 1. The van der Waals surface area contributed by atoms with E-state index in [-0.39, 0.29) is 0 Å². The van der Waals surface area contributed by atoms with Gasteiger partial charge in [0.25, 0.3) is 0 Å². The lowest BCUT2D eigenvalue weighted by molar-refractivity contribution is 0.181. The van der Waals surface area contributed by atoms with E-state index in [0.717, 1.165) is 30.3 Å². The minimum Gasteiger partial charge on any atom is -0.378 e. The number of anilines is 1. The van der Waals surface area contributed by atoms with Crippen molar-refractivity contribution >= 4 is 5.82 Å². The Bertz CT molecular complexity index is 513. The van der Waals surface area contributed by atoms with Crippen LogP contribution < -0.4 is 5.32 Å². The summed E-state index contributed by atoms with van der Waals surface area (Å²) in [7, 11) is 1.66. The van der Waals surface area contributed by atoms with E-state index >= 15 is 0 Å². The molecule has 0 unspecified atom stereocenters. The Morgan fingerprint density at radius 2 is 2.16 bits per heavy atom. The van der Waals surface area contributed by atoms with Crippen LogP contribution in [0, 0.1) is 0 Å². The molecule has 0 fully saturated rings. The fourth-order valence-electron chi connectivity index (χ4n) is 1.88. The van der Waals surface area contributed by atoms with Crippen LogP contribution in [0.1, 0.15) is 19.5 Å². The van der Waals surface area contributed by atoms with Crippen molar-refractivity contribution < 1.29 is 4.74 Å². The molecular formula is C13H19N5O. The van der Waals surface area contributed by atoms with E-state index < -0.39 is 0 Å². The molecule has 0 saturated carbocycles. The molecule has 0 radical (unpaired) electrons. The third-order valence-electron chi connectivity index (χ3n) is 2.67. The molecular weight excluding hydrogens is 242 g/mol. The van der Waals surface area contributed by atoms with Crippen molar-refractivity contribution in [3.05, 3.63) is 24.0 Å². The highest BCUT2D eigenvalue weighted by Gasteiger charge is 2.10. The molecule has 0 aliphatic rings. The highest BCUT2D eigenvalue weighted by molar-refractivity contribution is 5.53. The number of methoxy groups -OCH3 is 1. The maximum Gasteiger partial charge on any atom is 0.180 e. The minimum absolute atomic E-state index is 0.466. The van der Waals surface area contributed by atoms with Gasteiger partial charge in [-0.25, -0.2) is 9.97 Å². The lowest BCUT2D eigenvalue weighted by Crippen LogP contribution is -2.07. The Hall–Kier alpha value is -1.95. The monoisotopic (exact) mass is 261 g/mol. The van der Waals surface area contributed by atoms with Gasteiger partial charge in [-0.15, -0.1) is 0 Å². The summed E-state index contributed by atoms with van der Waals surface area (Å²) >= 11 is 0. The van der Waals surface area contributed by atoms with Gasteiger partial charge in [0.05, 0.1) is 12.3 Å². The largest absolute Gasteiger partial charge is 0.378 e. The van der Waals surface area contributed by atoms with E-state index in [1.54, 1.807) is 13.3 Å². The van der Waals surface area contributed by atoms with E-state index in [1.807, 2.05) is 30.7 Å². The standard InChI is InChI=1S/C13H19N5O/c1-4-14-12-8-10(9-19-3)16-13(17-12)11-6-7-15-18(11)5-2/h6-8H,4-5,9H2,1-3H3,(H,14,16,17). The smallest absolute Gasteiger partial charge is 0.180 e. The molecule has 2 rings (SSSR count). The Labute approximate surface area is 112 Å². The molecule has 0 atom stereocenters. The van der Waals surface area contributed by atoms with Gasteiger partial charge in [-0.2, -0.15) is 5.10 Å². The Balaban J connectivity index is 2.43. The molecule has 0 spiro atoms. The fraction of sp³-hybridized carbons (Fsp3) is 0.462. The zero-order chi connectivity index (χ0) is 13.7. The molecule has 102 valence electrons. The summed E-state index contributed by atoms with van der Waals surface area (Å²) in [4.78, 5) is 9.04. The predicted octanol–water partition coefficient (Wildman–Crippen LogP) is 1.94. The van der Waals surface area contributed by atoms with Crippen LogP contribution >= 0.6 is 0 Å². The third-order valence-corrected chi connectivity index (χ3v) is 2.67. The van der Waals surface area contributed by atoms with Gasteiger partial charge in [0.15, 0.2) is 5.82 Å². The van der Waals surface area contributed by atoms with Gasteiger partial charge in [0.1, 0.15) is 11.5 Å². The number of hydrogen-bond donors (Lipinski definition) is 1. The summed E-state index contributed by atoms with van der Waals surface area (Å²) in [6, 6.07) is 3.83. The minimum atomic E-state index is 0.466. The van der Waals surface area contributed by atoms with Gasteiger partial charge in [0.2, 0.25) is 0 Å². The van der Waals surface area contributed by atoms with E-state index in [1.165, 1.54) is 0 Å². The molecule has 0 aliphatic carbocycles. The van der Waals surface area contributed by atoms with Crippen LogP contribution in [0.4, 0.5) is 5.82 Å². The summed E-state index contributed by atoms with van der Waals surface area (Å²) in [5.74, 6) is 1.48. The second-order valence-corrected chi connectivity index (χ2v) is 4.06. The van der Waals surface area contributed by atoms with Crippen molar-refractivity contribution in [3.63, 3.8) is 0 Å². The number of aryl methyl sites for hydroxylation is 1. The highest BCUT2D eigenvalue weighted by Crippen LogP contribution is 2.18. The highest BCUT2D eigenvalue weighted by atomic mass is 16.5. The van der Waals surface area contributed by atoms with Gasteiger partial charge < -0.3 is 10.1 Å². The zero-order valence-electron chi connectivity index (χ0n) is 11.6. The molecule has 0 amide bonds. The summed E-state index contributed by atoms with van der Waals surface area (Å²) in [5.41, 5.74) is 1.77. The van der Waals surface area contributed by atoms with Crippen LogP contribution in [0.3, 0.4) is 0 Å². The van der Waals surface area contributed by atoms with Crippen molar-refractivity contribution in [2.75, 3.05) is 19.0 Å². The lowest BCUT2D eigenvalue weighted by atomic mass is 10.3. The first-order valence-corrected chi connectivity index (χ1v) is 6.41. The second-order valence-electron chi connectivity index (χ2n) is 4.06. The lowest BCUT2D eigenvalue weighted by Gasteiger charge is -2.09. The van der Waals surface area contributed by atoms with Gasteiger partial charge in [-0.05, 0) is 19.9 Å². The van der Waals surface area contributed by atoms with Gasteiger partial charge in [-0.1, -0.05) is 0 Å². The first-order valence-electron chi connectivity index (χ1n) is 6.41. The maximum absolute atomic E-state index is 5.15. The van der Waals surface area contributed by atoms with Crippen LogP contribution in [0.15, 0.2) is 18.3 Å². The molecule has 6 heteroatoms. The van der Waals surface area contributed by atoms with Gasteiger partial charge in [-0.3, -0.25) is 4.68 Å². The van der Waals surface area contributed by atoms with Crippen molar-refractivity contribution in [3.8, 4) is 11.5 Å². The number of ether oxygens (including phenoxy) is 1. The van der Waals surface area contributed by atoms with E-state index in [9.17, 15) is 0 Å². The summed E-state index contributed by atoms with van der Waals surface area (Å²) < 4.78 is 7.03. The summed E-state index contributed by atoms with van der Waals surface area (Å²) in [5, 5.41) is 7.46. The average Bonchev–Trinajstić information content (AvgIpc) is 2.87. The molecule has 0 aliphatic heterocycles. The maximum atomic E-state index is 5.15. The Kier molecular flexibility index (Phi) is 4.46. The number of aromatic nitrogens is 4. The molecule has 6 nitrogen and oxygen atoms in total. The first kappa shape index (κ1) is 13.5. The van der Waals surface area contributed by atoms with Crippen LogP contribution in [-0.4, -0.2) is 33.4 Å². The van der Waals surface area contributed by atoms with Crippen molar-refractivity contribution in [1.29, 1.82) is 0 Å². The molecule has 2 aromatic heterocycles. The van der Waals surface area contributed by atoms with Gasteiger partial charge in [0, 0.05) is 32.5 Å². The number of rotatable bonds is 6. The van der Waals surface area contributed by atoms with Crippen LogP contribution in [0.2, 0.25) is 0 Å². The summed E-state index contributed by atoms with van der Waals surface area (Å²) in [6.07, 6.45) is 1.76. The van der Waals surface area contributed by atoms with Gasteiger partial charge >= 0.3 is 0 Å². The predicted molar refractivity (Wildman–Crippen MR) is 73.8 cm³/mol. The number of nitrogens with zero attached hydrogens (tertiary/aromatic N) is 4. The molecule has 2 aromatic rings. The molecule has 0 aromatic carbocycles. The number of hydrogen-bond acceptors (Lipinski definition) is 5. The van der Waals surface area contributed by atoms with Crippen molar-refractivity contribution in [2.24, 2.45) is 0 Å². The molecule has 0 bridgehead atoms. The first-order chi connectivity index (χ1) is 9.28. The van der Waals surface area contributed by atoms with Crippen molar-refractivity contribution in [1.82, 2.24) is 19.7 Å². The Morgan fingerprint density at radius 1 is 1.32 bits per heavy atom. The van der Waals surface area contributed by atoms with E-state index in [4.69, 9.17) is 4.74 Å². The summed E-state index contributed by atoms with van der Waals surface area (Å²) in [6.45, 7) is 6.15. The average molecular weight is 261 g/mol. The quantitative estimate of drug-likeness (QED) is 0.860. The topological polar surface area (TPSA) is 64.9 Å². The van der Waals surface area contributed by atoms with Crippen LogP contribution in [-0.2, 0) is 17.9 Å². The zero-order valence-corrected chi connectivity index (χ0v) is 11.6. The van der Waals surface area contributed by atoms with Crippen LogP contribution in [0.25, 0.3) is 11.5 Å². The third kappa shape index (κ3) is 3.08. The molecule has 19 heavy (non-hydrogen) atoms. The molecule has 0 saturated heterocycles. The molecule has 2 heterocycles. The molecule has 1 N–H and O–H groups in total. The van der Waals surface area contributed by atoms with E-state index in [0.29, 0.717) is 12.4 Å². The second kappa shape index (κ2) is 6.29.